The summed E-state index contributed by atoms with van der Waals surface area (Å²) in [6.45, 7) is 0. The van der Waals surface area contributed by atoms with Gasteiger partial charge in [0.15, 0.2) is 5.88 Å². The van der Waals surface area contributed by atoms with Crippen LogP contribution in [0.2, 0.25) is 0 Å². The van der Waals surface area contributed by atoms with Crippen LogP contribution in [0.5, 0.6) is 0 Å². The lowest BCUT2D eigenvalue weighted by Crippen LogP contribution is -2.25. The second-order valence-electron chi connectivity index (χ2n) is 2.93. The maximum absolute atomic E-state index is 12.8. The van der Waals surface area contributed by atoms with E-state index in [-0.39, 0.29) is 6.10 Å². The van der Waals surface area contributed by atoms with Crippen LogP contribution < -0.4 is 0 Å². The molecular formula is C8H11ClFO2. The summed E-state index contributed by atoms with van der Waals surface area (Å²) in [4.78, 5) is 10.7. The fraction of sp³-hybridized carbons (Fsp3) is 0.750. The van der Waals surface area contributed by atoms with Gasteiger partial charge in [0.2, 0.25) is 0 Å². The van der Waals surface area contributed by atoms with Crippen molar-refractivity contribution in [2.75, 3.05) is 0 Å². The smallest absolute Gasteiger partial charge is 0.326 e. The molecule has 69 valence electrons. The van der Waals surface area contributed by atoms with Gasteiger partial charge in [-0.3, -0.25) is 4.79 Å². The predicted molar refractivity (Wildman–Crippen MR) is 43.4 cm³/mol. The summed E-state index contributed by atoms with van der Waals surface area (Å²) in [5.41, 5.74) is 0. The highest BCUT2D eigenvalue weighted by atomic mass is 35.5. The number of rotatable bonds is 2. The zero-order valence-corrected chi connectivity index (χ0v) is 7.39. The van der Waals surface area contributed by atoms with Gasteiger partial charge in [-0.1, -0.05) is 0 Å². The first kappa shape index (κ1) is 9.78. The minimum absolute atomic E-state index is 0.281. The Morgan fingerprint density at radius 2 is 2.33 bits per heavy atom. The van der Waals surface area contributed by atoms with Crippen molar-refractivity contribution in [3.05, 3.63) is 5.88 Å². The van der Waals surface area contributed by atoms with Crippen LogP contribution >= 0.6 is 11.6 Å². The number of esters is 1. The van der Waals surface area contributed by atoms with Crippen LogP contribution in [0.1, 0.15) is 25.7 Å². The van der Waals surface area contributed by atoms with Crippen molar-refractivity contribution in [2.24, 2.45) is 0 Å². The number of carbonyl (C=O) groups excluding carboxylic acids is 1. The highest BCUT2D eigenvalue weighted by Crippen LogP contribution is 2.23. The molecule has 2 unspecified atom stereocenters. The van der Waals surface area contributed by atoms with E-state index in [1.54, 1.807) is 0 Å². The van der Waals surface area contributed by atoms with Gasteiger partial charge in [-0.2, -0.15) is 0 Å². The van der Waals surface area contributed by atoms with E-state index in [0.29, 0.717) is 12.8 Å². The molecule has 0 aliphatic heterocycles. The van der Waals surface area contributed by atoms with Crippen molar-refractivity contribution >= 4 is 17.6 Å². The number of ether oxygens (including phenoxy) is 1. The Morgan fingerprint density at radius 1 is 1.58 bits per heavy atom. The highest BCUT2D eigenvalue weighted by molar-refractivity contribution is 6.33. The molecule has 0 N–H and O–H groups in total. The van der Waals surface area contributed by atoms with Gasteiger partial charge < -0.3 is 4.74 Å². The molecule has 1 rings (SSSR count). The first-order valence-corrected chi connectivity index (χ1v) is 4.44. The van der Waals surface area contributed by atoms with E-state index < -0.39 is 12.1 Å². The molecule has 0 saturated heterocycles. The van der Waals surface area contributed by atoms with Crippen LogP contribution in [0.25, 0.3) is 0 Å². The lowest BCUT2D eigenvalue weighted by Gasteiger charge is -2.23. The summed E-state index contributed by atoms with van der Waals surface area (Å²) in [5.74, 6) is 0.262. The van der Waals surface area contributed by atoms with Crippen molar-refractivity contribution < 1.29 is 13.9 Å². The van der Waals surface area contributed by atoms with E-state index in [0.717, 1.165) is 18.7 Å². The first-order chi connectivity index (χ1) is 5.72. The van der Waals surface area contributed by atoms with E-state index in [9.17, 15) is 9.18 Å². The topological polar surface area (TPSA) is 26.3 Å². The molecule has 0 aromatic rings. The number of hydrogen-bond donors (Lipinski definition) is 0. The fourth-order valence-corrected chi connectivity index (χ4v) is 1.44. The molecule has 1 fully saturated rings. The summed E-state index contributed by atoms with van der Waals surface area (Å²) < 4.78 is 17.6. The zero-order chi connectivity index (χ0) is 8.97. The standard InChI is InChI=1S/C8H11ClFO2/c9-5-8(11)12-7-3-1-2-6(10)4-7/h5-7H,1-4H2. The predicted octanol–water partition coefficient (Wildman–Crippen LogP) is 2.21. The lowest BCUT2D eigenvalue weighted by molar-refractivity contribution is -0.146. The normalized spacial score (nSPS) is 29.8. The molecule has 0 amide bonds. The Labute approximate surface area is 76.0 Å². The lowest BCUT2D eigenvalue weighted by atomic mass is 9.96. The Balaban J connectivity index is 2.27. The average Bonchev–Trinajstić information content (AvgIpc) is 2.04. The molecule has 2 atom stereocenters. The molecule has 0 aromatic heterocycles. The largest absolute Gasteiger partial charge is 0.461 e. The summed E-state index contributed by atoms with van der Waals surface area (Å²) in [6.07, 6.45) is 1.32. The molecule has 0 bridgehead atoms. The SMILES string of the molecule is O=C([CH]Cl)OC1CCCC(F)C1. The van der Waals surface area contributed by atoms with Crippen molar-refractivity contribution in [3.63, 3.8) is 0 Å². The van der Waals surface area contributed by atoms with Crippen LogP contribution in [0.4, 0.5) is 4.39 Å². The summed E-state index contributed by atoms with van der Waals surface area (Å²) >= 11 is 5.11. The quantitative estimate of drug-likeness (QED) is 0.629. The average molecular weight is 194 g/mol. The van der Waals surface area contributed by atoms with Gasteiger partial charge in [-0.05, 0) is 19.3 Å². The van der Waals surface area contributed by atoms with Gasteiger partial charge >= 0.3 is 5.97 Å². The van der Waals surface area contributed by atoms with E-state index in [1.165, 1.54) is 0 Å². The van der Waals surface area contributed by atoms with E-state index >= 15 is 0 Å². The van der Waals surface area contributed by atoms with Gasteiger partial charge in [0.05, 0.1) is 0 Å². The third-order valence-electron chi connectivity index (χ3n) is 1.93. The summed E-state index contributed by atoms with van der Waals surface area (Å²) in [7, 11) is 0. The van der Waals surface area contributed by atoms with Crippen molar-refractivity contribution in [2.45, 2.75) is 38.0 Å². The molecule has 0 heterocycles. The maximum atomic E-state index is 12.8. The third-order valence-corrected chi connectivity index (χ3v) is 2.11. The first-order valence-electron chi connectivity index (χ1n) is 4.00. The van der Waals surface area contributed by atoms with Crippen LogP contribution in [0, 0.1) is 5.88 Å². The Bertz CT molecular complexity index is 163. The molecule has 0 aromatic carbocycles. The number of hydrogen-bond acceptors (Lipinski definition) is 2. The van der Waals surface area contributed by atoms with Crippen molar-refractivity contribution in [1.29, 1.82) is 0 Å². The second kappa shape index (κ2) is 4.65. The van der Waals surface area contributed by atoms with Crippen LogP contribution in [0.15, 0.2) is 0 Å². The number of carbonyl (C=O) groups is 1. The molecule has 12 heavy (non-hydrogen) atoms. The molecule has 1 radical (unpaired) electrons. The van der Waals surface area contributed by atoms with Gasteiger partial charge in [-0.25, -0.2) is 4.39 Å². The van der Waals surface area contributed by atoms with Crippen LogP contribution in [-0.2, 0) is 9.53 Å². The Kier molecular flexibility index (Phi) is 3.79. The zero-order valence-electron chi connectivity index (χ0n) is 6.63. The molecule has 1 saturated carbocycles. The molecule has 0 spiro atoms. The molecule has 1 aliphatic rings. The maximum Gasteiger partial charge on any atom is 0.326 e. The van der Waals surface area contributed by atoms with E-state index in [4.69, 9.17) is 16.3 Å². The molecule has 4 heteroatoms. The van der Waals surface area contributed by atoms with Gasteiger partial charge in [-0.15, -0.1) is 11.6 Å². The highest BCUT2D eigenvalue weighted by Gasteiger charge is 2.23. The number of halogens is 2. The minimum atomic E-state index is -0.827. The summed E-state index contributed by atoms with van der Waals surface area (Å²) in [6, 6.07) is 0. The Hall–Kier alpha value is -0.310. The number of alkyl halides is 1. The fourth-order valence-electron chi connectivity index (χ4n) is 1.38. The van der Waals surface area contributed by atoms with Crippen molar-refractivity contribution in [3.8, 4) is 0 Å². The van der Waals surface area contributed by atoms with Gasteiger partial charge in [0.1, 0.15) is 12.3 Å². The van der Waals surface area contributed by atoms with Crippen molar-refractivity contribution in [1.82, 2.24) is 0 Å². The molecule has 1 aliphatic carbocycles. The summed E-state index contributed by atoms with van der Waals surface area (Å²) in [5, 5.41) is 0. The van der Waals surface area contributed by atoms with Crippen LogP contribution in [-0.4, -0.2) is 18.2 Å². The molecule has 2 nitrogen and oxygen atoms in total. The van der Waals surface area contributed by atoms with E-state index in [2.05, 4.69) is 0 Å². The minimum Gasteiger partial charge on any atom is -0.461 e. The third kappa shape index (κ3) is 2.97. The molecular weight excluding hydrogens is 183 g/mol. The second-order valence-corrected chi connectivity index (χ2v) is 3.15. The van der Waals surface area contributed by atoms with E-state index in [1.807, 2.05) is 0 Å². The van der Waals surface area contributed by atoms with Crippen LogP contribution in [0.3, 0.4) is 0 Å². The van der Waals surface area contributed by atoms with Gasteiger partial charge in [0, 0.05) is 6.42 Å². The Morgan fingerprint density at radius 3 is 2.92 bits per heavy atom. The van der Waals surface area contributed by atoms with Gasteiger partial charge in [0.25, 0.3) is 0 Å². The monoisotopic (exact) mass is 193 g/mol.